The number of Topliss-reactive ketones (excluding diaryl/α,β-unsaturated/α-hetero) is 3. The van der Waals surface area contributed by atoms with E-state index in [0.29, 0.717) is 24.0 Å². The molecule has 6 aromatic rings. The van der Waals surface area contributed by atoms with E-state index in [1.165, 1.54) is 60.7 Å². The first-order valence-corrected chi connectivity index (χ1v) is 40.0. The number of phenols is 3. The minimum Gasteiger partial charge on any atom is -0.508 e. The van der Waals surface area contributed by atoms with Crippen LogP contribution in [0.2, 0.25) is 10.0 Å². The first-order chi connectivity index (χ1) is 56.3. The molecule has 6 aliphatic heterocycles. The smallest absolute Gasteiger partial charge is 0.325 e. The van der Waals surface area contributed by atoms with Gasteiger partial charge in [-0.15, -0.1) is 0 Å². The Balaban J connectivity index is 0.968. The molecule has 0 spiro atoms. The summed E-state index contributed by atoms with van der Waals surface area (Å²) in [6.07, 6.45) is -12.2. The van der Waals surface area contributed by atoms with Crippen LogP contribution in [0.15, 0.2) is 103 Å². The van der Waals surface area contributed by atoms with Crippen LogP contribution in [-0.2, 0) is 47.9 Å². The molecular formula is C84H93Cl2N7O25. The number of ketones is 3. The Morgan fingerprint density at radius 2 is 1.30 bits per heavy atom. The van der Waals surface area contributed by atoms with E-state index < -0.39 is 210 Å². The van der Waals surface area contributed by atoms with Gasteiger partial charge in [-0.1, -0.05) is 62.2 Å². The van der Waals surface area contributed by atoms with Crippen LogP contribution >= 0.6 is 23.2 Å². The van der Waals surface area contributed by atoms with Crippen molar-refractivity contribution in [2.45, 2.75) is 164 Å². The van der Waals surface area contributed by atoms with E-state index >= 15 is 28.8 Å². The number of nitrogens with one attached hydrogen (secondary N) is 7. The van der Waals surface area contributed by atoms with Gasteiger partial charge in [0, 0.05) is 61.0 Å². The number of ether oxygens (including phenoxy) is 5. The topological polar surface area (TPSA) is 503 Å². The summed E-state index contributed by atoms with van der Waals surface area (Å²) in [6, 6.07) is 11.4. The summed E-state index contributed by atoms with van der Waals surface area (Å²) in [6.45, 7) is 4.43. The second kappa shape index (κ2) is 36.4. The lowest BCUT2D eigenvalue weighted by atomic mass is 9.51. The van der Waals surface area contributed by atoms with Gasteiger partial charge in [0.15, 0.2) is 28.8 Å². The molecule has 0 aromatic heterocycles. The molecule has 16 rings (SSSR count). The fourth-order valence-electron chi connectivity index (χ4n) is 17.6. The third kappa shape index (κ3) is 19.0. The number of aliphatic hydroxyl groups is 6. The molecule has 5 fully saturated rings. The van der Waals surface area contributed by atoms with Gasteiger partial charge in [-0.2, -0.15) is 0 Å². The van der Waals surface area contributed by atoms with Crippen molar-refractivity contribution in [1.82, 2.24) is 31.9 Å². The number of anilines is 1. The highest BCUT2D eigenvalue weighted by atomic mass is 35.5. The van der Waals surface area contributed by atoms with Gasteiger partial charge < -0.3 is 107 Å². The number of carboxylic acids is 1. The van der Waals surface area contributed by atoms with Crippen LogP contribution in [0.5, 0.6) is 51.7 Å². The van der Waals surface area contributed by atoms with Crippen molar-refractivity contribution in [2.75, 3.05) is 31.6 Å². The van der Waals surface area contributed by atoms with Gasteiger partial charge in [0.1, 0.15) is 102 Å². The van der Waals surface area contributed by atoms with Crippen molar-refractivity contribution < 1.29 is 123 Å². The molecule has 32 nitrogen and oxygen atoms in total. The van der Waals surface area contributed by atoms with Gasteiger partial charge in [0.2, 0.25) is 41.6 Å². The lowest BCUT2D eigenvalue weighted by Crippen LogP contribution is -2.60. The van der Waals surface area contributed by atoms with Crippen LogP contribution in [0.4, 0.5) is 10.5 Å². The number of urea groups is 1. The van der Waals surface area contributed by atoms with Crippen molar-refractivity contribution >= 4 is 87.8 Å². The highest BCUT2D eigenvalue weighted by molar-refractivity contribution is 6.32. The molecule has 118 heavy (non-hydrogen) atoms. The van der Waals surface area contributed by atoms with Gasteiger partial charge in [0.25, 0.3) is 0 Å². The van der Waals surface area contributed by atoms with E-state index in [4.69, 9.17) is 52.0 Å². The van der Waals surface area contributed by atoms with Gasteiger partial charge >= 0.3 is 12.0 Å². The zero-order valence-corrected chi connectivity index (χ0v) is 65.8. The van der Waals surface area contributed by atoms with Crippen LogP contribution in [0.25, 0.3) is 11.1 Å². The Labute approximate surface area is 686 Å². The summed E-state index contributed by atoms with van der Waals surface area (Å²) in [7, 11) is 0. The van der Waals surface area contributed by atoms with Crippen LogP contribution in [0.1, 0.15) is 149 Å². The molecule has 1 saturated heterocycles. The molecular weight excluding hydrogens is 1580 g/mol. The van der Waals surface area contributed by atoms with Crippen molar-refractivity contribution in [3.05, 3.63) is 141 Å². The minimum atomic E-state index is -2.25. The van der Waals surface area contributed by atoms with E-state index in [-0.39, 0.29) is 117 Å². The second-order valence-electron chi connectivity index (χ2n) is 31.9. The first kappa shape index (κ1) is 85.4. The van der Waals surface area contributed by atoms with Crippen molar-refractivity contribution in [3.63, 3.8) is 0 Å². The molecule has 4 aliphatic carbocycles. The van der Waals surface area contributed by atoms with E-state index in [1.807, 2.05) is 13.8 Å². The number of carbonyl (C=O) groups is 10. The number of carboxylic acid groups (broad SMARTS) is 1. The maximum atomic E-state index is 16.5. The van der Waals surface area contributed by atoms with Crippen molar-refractivity contribution in [2.24, 2.45) is 47.3 Å². The Kier molecular flexibility index (Phi) is 26.3. The minimum absolute atomic E-state index is 0.0574. The average Bonchev–Trinajstić information content (AvgIpc) is 0.743. The number of aliphatic carboxylic acids is 1. The Hall–Kier alpha value is -10.5. The summed E-state index contributed by atoms with van der Waals surface area (Å²) in [5.74, 6) is -17.3. The highest BCUT2D eigenvalue weighted by Crippen LogP contribution is 2.58. The second-order valence-corrected chi connectivity index (χ2v) is 32.8. The van der Waals surface area contributed by atoms with Gasteiger partial charge in [-0.05, 0) is 187 Å². The maximum absolute atomic E-state index is 16.5. The number of hydrogen-bond donors (Lipinski definition) is 17. The molecule has 4 saturated carbocycles. The van der Waals surface area contributed by atoms with Crippen LogP contribution < -0.4 is 56.2 Å². The molecule has 15 bridgehead atoms. The molecule has 17 N–H and O–H groups in total. The number of rotatable bonds is 20. The quantitative estimate of drug-likeness (QED) is 0.0337. The monoisotopic (exact) mass is 1670 g/mol. The third-order valence-corrected chi connectivity index (χ3v) is 23.9. The fourth-order valence-corrected chi connectivity index (χ4v) is 18.1. The molecule has 0 unspecified atom stereocenters. The molecule has 10 aliphatic rings. The molecule has 34 heteroatoms. The molecule has 6 heterocycles. The predicted octanol–water partition coefficient (Wildman–Crippen LogP) is 7.15. The number of carbonyl (C=O) groups excluding carboxylic acids is 9. The maximum Gasteiger partial charge on any atom is 0.325 e. The van der Waals surface area contributed by atoms with Gasteiger partial charge in [-0.25, -0.2) is 4.79 Å². The Bertz CT molecular complexity index is 4850. The summed E-state index contributed by atoms with van der Waals surface area (Å²) in [5.41, 5.74) is -1.61. The average molecular weight is 1670 g/mol. The highest BCUT2D eigenvalue weighted by Gasteiger charge is 2.51. The number of amides is 7. The van der Waals surface area contributed by atoms with Gasteiger partial charge in [-0.3, -0.25) is 48.5 Å². The number of fused-ring (bicyclic) bond motifs is 15. The number of hydrogen-bond acceptors (Lipinski definition) is 25. The van der Waals surface area contributed by atoms with E-state index in [1.54, 1.807) is 6.92 Å². The summed E-state index contributed by atoms with van der Waals surface area (Å²) >= 11 is 14.3. The summed E-state index contributed by atoms with van der Waals surface area (Å²) < 4.78 is 31.2. The Morgan fingerprint density at radius 1 is 0.653 bits per heavy atom. The lowest BCUT2D eigenvalue weighted by Gasteiger charge is -2.54. The number of aliphatic hydroxyl groups excluding tert-OH is 6. The third-order valence-electron chi connectivity index (χ3n) is 23.3. The normalized spacial score (nSPS) is 27.6. The standard InChI is InChI=1S/C84H93Cl2N7O25/c1-4-39(17-36(2)3)79(109)92-71-58(98)26-46(29-66(101)89-84(113)88-47-8-10-49(11-9-47)114-16-15-87-34-67(102)103)80(110)90-69-45-27-63(115-61-13-6-41(73(71)104)24-54(61)85)78(118-83-77(108)76(107)75(106)65(35-94)117-83)64(28-45)116-62-14-7-42(25-55(62)86)74(105)72-82(112)91-70(60(100)32-50-43-19-37-18-38(21-43)22-44(50)20-37)53-30-48(95)31-57(97)68(53)52-23-40(5-12-56(52)96)51(33-59(69)99)81(111)93-72/h5-14,23-25,27-28,30-31,36-39,43-44,46,50-51,65,69-77,83,87,94-97,104-108H,4,15-22,26,29,32-35H2,1-3H3,(H,90,110)(H,91,112)(H,92,109)(H,93,111)(H,102,103)(H2,88,89,101,113)/t37?,38?,39-,43?,44?,46+,50?,51-,65-,69-,70+,71+,72+,73-,74-,75-,76+,77-,83+/m1/s1. The number of phenolic OH excluding ortho intramolecular Hbond substituents is 3. The predicted molar refractivity (Wildman–Crippen MR) is 419 cm³/mol. The number of halogens is 2. The fraction of sp³-hybridized carbons (Fsp3) is 0.452. The van der Waals surface area contributed by atoms with Crippen LogP contribution in [0.3, 0.4) is 0 Å². The van der Waals surface area contributed by atoms with E-state index in [2.05, 4.69) is 37.2 Å². The molecule has 14 atom stereocenters. The van der Waals surface area contributed by atoms with E-state index in [0.717, 1.165) is 74.6 Å². The van der Waals surface area contributed by atoms with Crippen molar-refractivity contribution in [3.8, 4) is 62.9 Å². The zero-order valence-electron chi connectivity index (χ0n) is 64.3. The van der Waals surface area contributed by atoms with Crippen LogP contribution in [-0.4, -0.2) is 179 Å². The molecule has 6 aromatic carbocycles. The Morgan fingerprint density at radius 3 is 1.92 bits per heavy atom. The summed E-state index contributed by atoms with van der Waals surface area (Å²) in [5, 5.41) is 131. The molecule has 0 radical (unpaired) electrons. The SMILES string of the molecule is CC[C@H](CC(C)C)C(=O)N[C@H]1C(=O)C[C@@H](CC(=O)NC(=O)Nc2ccc(OCCNCC(=O)O)cc2)C(=O)N[C@H]2C(=O)C[C@H]3C(=O)N[C@H](C(=O)N[C@H](C(=O)CC4C5CC6CC(C5)CC4C6)c4cc(O)cc(O)c4-c4cc3ccc4O)[C@H](O)c3ccc(c(Cl)c3)Oc3cc2cc(c3O[C@@H]2O[C@H](CO)[C@@H](O)[C@H](O)[C@H]2O)Oc2ccc(cc2Cl)[C@H]1O. The lowest BCUT2D eigenvalue weighted by molar-refractivity contribution is -0.277. The number of imide groups is 1. The largest absolute Gasteiger partial charge is 0.508 e. The number of aromatic hydroxyl groups is 3. The van der Waals surface area contributed by atoms with Crippen LogP contribution in [0, 0.1) is 47.3 Å². The first-order valence-electron chi connectivity index (χ1n) is 39.2. The number of benzene rings is 6. The van der Waals surface area contributed by atoms with E-state index in [9.17, 15) is 65.1 Å². The molecule has 628 valence electrons. The van der Waals surface area contributed by atoms with Gasteiger partial charge in [0.05, 0.1) is 35.0 Å². The molecule has 7 amide bonds. The van der Waals surface area contributed by atoms with Crippen molar-refractivity contribution in [1.29, 1.82) is 0 Å². The zero-order chi connectivity index (χ0) is 84.4. The summed E-state index contributed by atoms with van der Waals surface area (Å²) in [4.78, 5) is 149.